The minimum Gasteiger partial charge on any atom is -0.481 e. The number of hydrogen-bond donors (Lipinski definition) is 4. The van der Waals surface area contributed by atoms with E-state index in [-0.39, 0.29) is 35.8 Å². The Labute approximate surface area is 320 Å². The van der Waals surface area contributed by atoms with E-state index in [0.717, 1.165) is 34.7 Å². The number of alkyl halides is 3. The van der Waals surface area contributed by atoms with Crippen molar-refractivity contribution >= 4 is 29.3 Å². The number of esters is 1. The first-order valence-corrected chi connectivity index (χ1v) is 18.4. The van der Waals surface area contributed by atoms with Crippen LogP contribution in [0.1, 0.15) is 66.0 Å². The number of halogens is 4. The predicted octanol–water partition coefficient (Wildman–Crippen LogP) is 6.16. The summed E-state index contributed by atoms with van der Waals surface area (Å²) in [6, 6.07) is 11.8. The summed E-state index contributed by atoms with van der Waals surface area (Å²) >= 11 is 7.07. The van der Waals surface area contributed by atoms with Gasteiger partial charge in [0.2, 0.25) is 17.7 Å². The maximum atomic E-state index is 14.5. The molecule has 290 valence electrons. The Bertz CT molecular complexity index is 2110. The number of carbonyl (C=O) groups is 2. The second-order valence-corrected chi connectivity index (χ2v) is 14.3. The molecule has 2 atom stereocenters. The molecule has 0 bridgehead atoms. The summed E-state index contributed by atoms with van der Waals surface area (Å²) in [5.74, 6) is -0.301. The molecule has 0 unspecified atom stereocenters. The second-order valence-electron chi connectivity index (χ2n) is 13.9. The van der Waals surface area contributed by atoms with Gasteiger partial charge in [0.05, 0.1) is 49.3 Å². The summed E-state index contributed by atoms with van der Waals surface area (Å²) in [5, 5.41) is 12.8. The van der Waals surface area contributed by atoms with Crippen LogP contribution in [0.5, 0.6) is 11.8 Å². The van der Waals surface area contributed by atoms with E-state index in [0.29, 0.717) is 73.0 Å². The molecule has 0 radical (unpaired) electrons. The summed E-state index contributed by atoms with van der Waals surface area (Å²) < 4.78 is 59.5. The van der Waals surface area contributed by atoms with Crippen LogP contribution in [0, 0.1) is 0 Å². The number of anilines is 1. The first kappa shape index (κ1) is 38.3. The first-order valence-electron chi connectivity index (χ1n) is 18.0. The van der Waals surface area contributed by atoms with E-state index in [1.807, 2.05) is 30.3 Å². The Morgan fingerprint density at radius 1 is 0.982 bits per heavy atom. The average molecular weight is 780 g/mol. The van der Waals surface area contributed by atoms with Crippen LogP contribution in [-0.4, -0.2) is 66.3 Å². The fourth-order valence-electron chi connectivity index (χ4n) is 7.37. The highest BCUT2D eigenvalue weighted by molar-refractivity contribution is 6.35. The van der Waals surface area contributed by atoms with E-state index in [2.05, 4.69) is 31.2 Å². The van der Waals surface area contributed by atoms with Crippen LogP contribution in [0.25, 0.3) is 22.5 Å². The number of benzene rings is 1. The van der Waals surface area contributed by atoms with Gasteiger partial charge in [0.25, 0.3) is 0 Å². The maximum Gasteiger partial charge on any atom is 0.419 e. The minimum atomic E-state index is -4.73. The summed E-state index contributed by atoms with van der Waals surface area (Å²) in [6.07, 6.45) is 0.361. The van der Waals surface area contributed by atoms with Crippen molar-refractivity contribution in [3.63, 3.8) is 0 Å². The van der Waals surface area contributed by atoms with Crippen molar-refractivity contribution in [2.24, 2.45) is 0 Å². The Balaban J connectivity index is 1.12. The van der Waals surface area contributed by atoms with Crippen LogP contribution in [0.15, 0.2) is 48.7 Å². The number of amides is 1. The van der Waals surface area contributed by atoms with E-state index in [4.69, 9.17) is 30.8 Å². The summed E-state index contributed by atoms with van der Waals surface area (Å²) in [7, 11) is 4.17. The molecule has 2 aliphatic carbocycles. The van der Waals surface area contributed by atoms with E-state index >= 15 is 0 Å². The van der Waals surface area contributed by atoms with Crippen LogP contribution in [0.4, 0.5) is 19.0 Å². The minimum absolute atomic E-state index is 0.0111. The first-order chi connectivity index (χ1) is 26.4. The average Bonchev–Trinajstić information content (AvgIpc) is 3.69. The smallest absolute Gasteiger partial charge is 0.419 e. The highest BCUT2D eigenvalue weighted by Gasteiger charge is 2.51. The third-order valence-corrected chi connectivity index (χ3v) is 10.8. The monoisotopic (exact) mass is 779 g/mol. The fourth-order valence-corrected chi connectivity index (χ4v) is 7.68. The van der Waals surface area contributed by atoms with Crippen LogP contribution < -0.4 is 30.7 Å². The third-order valence-electron chi connectivity index (χ3n) is 10.4. The van der Waals surface area contributed by atoms with Crippen molar-refractivity contribution in [2.45, 2.75) is 75.4 Å². The van der Waals surface area contributed by atoms with Gasteiger partial charge in [-0.15, -0.1) is 0 Å². The molecule has 3 aliphatic rings. The number of fused-ring (bicyclic) bond motifs is 1. The largest absolute Gasteiger partial charge is 0.481 e. The number of pyridine rings is 3. The number of rotatable bonds is 14. The molecule has 12 nitrogen and oxygen atoms in total. The molecule has 4 heterocycles. The zero-order valence-electron chi connectivity index (χ0n) is 30.5. The predicted molar refractivity (Wildman–Crippen MR) is 199 cm³/mol. The van der Waals surface area contributed by atoms with Gasteiger partial charge in [-0.2, -0.15) is 18.2 Å². The number of carbonyl (C=O) groups excluding carboxylic acids is 2. The number of aromatic nitrogens is 3. The lowest BCUT2D eigenvalue weighted by Gasteiger charge is -2.22. The van der Waals surface area contributed by atoms with Crippen molar-refractivity contribution in [1.82, 2.24) is 30.9 Å². The molecule has 1 aromatic carbocycles. The molecular formula is C39H41ClF3N7O5. The molecule has 0 spiro atoms. The van der Waals surface area contributed by atoms with Crippen LogP contribution >= 0.6 is 11.6 Å². The van der Waals surface area contributed by atoms with Crippen LogP contribution in [-0.2, 0) is 40.0 Å². The molecule has 1 saturated heterocycles. The van der Waals surface area contributed by atoms with Gasteiger partial charge in [0, 0.05) is 60.5 Å². The van der Waals surface area contributed by atoms with Crippen molar-refractivity contribution in [3.8, 4) is 34.3 Å². The highest BCUT2D eigenvalue weighted by atomic mass is 35.5. The van der Waals surface area contributed by atoms with Gasteiger partial charge in [0.15, 0.2) is 0 Å². The van der Waals surface area contributed by atoms with Crippen molar-refractivity contribution in [2.75, 3.05) is 33.2 Å². The molecular weight excluding hydrogens is 739 g/mol. The van der Waals surface area contributed by atoms with Gasteiger partial charge in [-0.1, -0.05) is 35.9 Å². The number of methoxy groups -OCH3 is 3. The number of nitrogens with one attached hydrogen (secondary N) is 4. The van der Waals surface area contributed by atoms with Gasteiger partial charge in [-0.3, -0.25) is 19.9 Å². The van der Waals surface area contributed by atoms with Gasteiger partial charge in [-0.05, 0) is 61.4 Å². The molecule has 1 aliphatic heterocycles. The lowest BCUT2D eigenvalue weighted by molar-refractivity contribution is -0.144. The zero-order chi connectivity index (χ0) is 38.9. The maximum absolute atomic E-state index is 14.5. The Hall–Kier alpha value is -4.99. The molecule has 16 heteroatoms. The Kier molecular flexibility index (Phi) is 10.9. The molecule has 55 heavy (non-hydrogen) atoms. The van der Waals surface area contributed by atoms with E-state index < -0.39 is 29.3 Å². The lowest BCUT2D eigenvalue weighted by Crippen LogP contribution is -2.39. The SMILES string of the molecule is COC(=O)C1(NCc2cc(C(F)(F)F)c(N[C@@H]3CCc4c(-c5nccc(-c6ccc(CNC[C@@H]7CCC(=O)N7)c(OC)n6)c5Cl)cccc43)nc2OC)CC1. The summed E-state index contributed by atoms with van der Waals surface area (Å²) in [5.41, 5.74) is 3.39. The van der Waals surface area contributed by atoms with Gasteiger partial charge in [0.1, 0.15) is 11.4 Å². The van der Waals surface area contributed by atoms with E-state index in [9.17, 15) is 22.8 Å². The molecule has 1 saturated carbocycles. The van der Waals surface area contributed by atoms with E-state index in [1.54, 1.807) is 19.4 Å². The third kappa shape index (κ3) is 7.91. The van der Waals surface area contributed by atoms with Crippen molar-refractivity contribution in [3.05, 3.63) is 81.5 Å². The lowest BCUT2D eigenvalue weighted by atomic mass is 9.98. The van der Waals surface area contributed by atoms with Gasteiger partial charge >= 0.3 is 12.1 Å². The number of hydrogen-bond acceptors (Lipinski definition) is 11. The van der Waals surface area contributed by atoms with Crippen LogP contribution in [0.3, 0.4) is 0 Å². The van der Waals surface area contributed by atoms with Gasteiger partial charge < -0.3 is 30.2 Å². The Morgan fingerprint density at radius 2 is 1.76 bits per heavy atom. The molecule has 2 fully saturated rings. The molecule has 3 aromatic heterocycles. The molecule has 4 N–H and O–H groups in total. The summed E-state index contributed by atoms with van der Waals surface area (Å²) in [6.45, 7) is 1.06. The zero-order valence-corrected chi connectivity index (χ0v) is 31.3. The second kappa shape index (κ2) is 15.6. The van der Waals surface area contributed by atoms with Crippen molar-refractivity contribution < 1.29 is 37.0 Å². The number of nitrogens with zero attached hydrogens (tertiary/aromatic N) is 3. The normalized spacial score (nSPS) is 18.4. The van der Waals surface area contributed by atoms with E-state index in [1.165, 1.54) is 14.2 Å². The van der Waals surface area contributed by atoms with Gasteiger partial charge in [-0.25, -0.2) is 4.98 Å². The quantitative estimate of drug-likeness (QED) is 0.109. The number of ether oxygens (including phenoxy) is 3. The fraction of sp³-hybridized carbons (Fsp3) is 0.410. The highest BCUT2D eigenvalue weighted by Crippen LogP contribution is 2.45. The summed E-state index contributed by atoms with van der Waals surface area (Å²) in [4.78, 5) is 37.4. The standard InChI is InChI=1S/C39H41ClF3N7O5/c1-53-35-21(18-44-20-23-8-12-31(51)47-23)7-10-30(49-35)27-13-16-45-33(32(27)40)26-6-4-5-25-24(26)9-11-29(25)48-34-28(39(41,42)43)17-22(36(50-34)54-2)19-46-38(14-15-38)37(52)55-3/h4-7,10,13,16-17,23,29,44,46H,8-9,11-12,14-15,18-20H2,1-3H3,(H,47,51)(H,48,50)/t23-,29+/m0/s1. The Morgan fingerprint density at radius 3 is 2.45 bits per heavy atom. The topological polar surface area (TPSA) is 149 Å². The molecule has 1 amide bonds. The molecule has 4 aromatic rings. The molecule has 7 rings (SSSR count). The van der Waals surface area contributed by atoms with Crippen molar-refractivity contribution in [1.29, 1.82) is 0 Å². The van der Waals surface area contributed by atoms with Crippen LogP contribution in [0.2, 0.25) is 5.02 Å².